The van der Waals surface area contributed by atoms with E-state index in [1.807, 2.05) is 29.2 Å². The lowest BCUT2D eigenvalue weighted by molar-refractivity contribution is -0.149. The van der Waals surface area contributed by atoms with Gasteiger partial charge in [0.15, 0.2) is 0 Å². The van der Waals surface area contributed by atoms with Gasteiger partial charge in [-0.3, -0.25) is 4.79 Å². The maximum Gasteiger partial charge on any atom is 0.227 e. The lowest BCUT2D eigenvalue weighted by atomic mass is 9.90. The zero-order chi connectivity index (χ0) is 18.6. The number of aryl methyl sites for hydroxylation is 1. The summed E-state index contributed by atoms with van der Waals surface area (Å²) < 4.78 is 16.3. The minimum Gasteiger partial charge on any atom is -0.497 e. The summed E-state index contributed by atoms with van der Waals surface area (Å²) in [6.45, 7) is 1.32. The van der Waals surface area contributed by atoms with Crippen molar-refractivity contribution in [2.45, 2.75) is 50.7 Å². The van der Waals surface area contributed by atoms with Gasteiger partial charge in [-0.05, 0) is 37.1 Å². The Morgan fingerprint density at radius 2 is 2.07 bits per heavy atom. The van der Waals surface area contributed by atoms with Crippen LogP contribution in [0.25, 0.3) is 11.4 Å². The fraction of sp³-hybridized carbons (Fsp3) is 0.550. The molecule has 1 aliphatic heterocycles. The van der Waals surface area contributed by atoms with Gasteiger partial charge >= 0.3 is 0 Å². The van der Waals surface area contributed by atoms with Gasteiger partial charge in [0.1, 0.15) is 5.75 Å². The third-order valence-corrected chi connectivity index (χ3v) is 5.42. The number of morpholine rings is 1. The maximum absolute atomic E-state index is 12.7. The van der Waals surface area contributed by atoms with Gasteiger partial charge in [-0.2, -0.15) is 4.98 Å². The highest BCUT2D eigenvalue weighted by Crippen LogP contribution is 2.29. The number of rotatable bonds is 5. The van der Waals surface area contributed by atoms with Crippen LogP contribution in [-0.2, 0) is 16.0 Å². The van der Waals surface area contributed by atoms with Crippen LogP contribution in [0, 0.1) is 0 Å². The molecule has 7 heteroatoms. The van der Waals surface area contributed by atoms with Crippen molar-refractivity contribution in [2.24, 2.45) is 0 Å². The molecule has 2 unspecified atom stereocenters. The van der Waals surface area contributed by atoms with Crippen LogP contribution in [0.15, 0.2) is 28.8 Å². The lowest BCUT2D eigenvalue weighted by Gasteiger charge is -2.43. The number of benzene rings is 1. The summed E-state index contributed by atoms with van der Waals surface area (Å²) in [5.74, 6) is 1.94. The molecular weight excluding hydrogens is 346 g/mol. The van der Waals surface area contributed by atoms with Gasteiger partial charge in [-0.15, -0.1) is 0 Å². The first-order valence-corrected chi connectivity index (χ1v) is 9.62. The summed E-state index contributed by atoms with van der Waals surface area (Å²) in [6, 6.07) is 7.71. The highest BCUT2D eigenvalue weighted by atomic mass is 16.5. The monoisotopic (exact) mass is 371 g/mol. The summed E-state index contributed by atoms with van der Waals surface area (Å²) >= 11 is 0. The number of fused-ring (bicyclic) bond motifs is 1. The lowest BCUT2D eigenvalue weighted by Crippen LogP contribution is -2.54. The predicted molar refractivity (Wildman–Crippen MR) is 98.3 cm³/mol. The van der Waals surface area contributed by atoms with Crippen molar-refractivity contribution >= 4 is 5.91 Å². The van der Waals surface area contributed by atoms with Crippen LogP contribution in [-0.4, -0.2) is 53.4 Å². The van der Waals surface area contributed by atoms with Gasteiger partial charge < -0.3 is 18.9 Å². The van der Waals surface area contributed by atoms with E-state index < -0.39 is 0 Å². The highest BCUT2D eigenvalue weighted by Gasteiger charge is 2.36. The number of ether oxygens (including phenoxy) is 2. The van der Waals surface area contributed by atoms with Crippen molar-refractivity contribution in [3.63, 3.8) is 0 Å². The molecule has 0 spiro atoms. The first-order valence-electron chi connectivity index (χ1n) is 9.62. The first-order chi connectivity index (χ1) is 13.2. The molecule has 144 valence electrons. The Balaban J connectivity index is 1.35. The Kier molecular flexibility index (Phi) is 5.38. The molecule has 2 aromatic rings. The van der Waals surface area contributed by atoms with Crippen LogP contribution < -0.4 is 4.74 Å². The Hall–Kier alpha value is -2.41. The second-order valence-electron chi connectivity index (χ2n) is 7.09. The molecule has 1 aromatic heterocycles. The Labute approximate surface area is 158 Å². The summed E-state index contributed by atoms with van der Waals surface area (Å²) in [4.78, 5) is 19.2. The van der Waals surface area contributed by atoms with Crippen molar-refractivity contribution in [3.05, 3.63) is 30.2 Å². The third-order valence-electron chi connectivity index (χ3n) is 5.42. The molecule has 1 amide bonds. The van der Waals surface area contributed by atoms with E-state index in [1.54, 1.807) is 7.11 Å². The van der Waals surface area contributed by atoms with Crippen LogP contribution in [0.1, 0.15) is 38.0 Å². The average Bonchev–Trinajstić information content (AvgIpc) is 3.20. The van der Waals surface area contributed by atoms with Gasteiger partial charge in [0.05, 0.1) is 25.9 Å². The number of hydrogen-bond acceptors (Lipinski definition) is 6. The SMILES string of the molecule is COc1ccc(-c2noc(CCC(=O)N3CCOC4CCCCC43)n2)cc1. The summed E-state index contributed by atoms with van der Waals surface area (Å²) in [6.07, 6.45) is 5.51. The molecule has 4 rings (SSSR count). The van der Waals surface area contributed by atoms with Gasteiger partial charge in [0, 0.05) is 24.9 Å². The molecule has 1 aliphatic carbocycles. The minimum absolute atomic E-state index is 0.152. The van der Waals surface area contributed by atoms with E-state index in [0.717, 1.165) is 24.2 Å². The fourth-order valence-electron chi connectivity index (χ4n) is 3.98. The molecule has 7 nitrogen and oxygen atoms in total. The zero-order valence-electron chi connectivity index (χ0n) is 15.6. The molecule has 2 aliphatic rings. The summed E-state index contributed by atoms with van der Waals surface area (Å²) in [5.41, 5.74) is 0.857. The number of hydrogen-bond donors (Lipinski definition) is 0. The van der Waals surface area contributed by atoms with E-state index in [9.17, 15) is 4.79 Å². The smallest absolute Gasteiger partial charge is 0.227 e. The van der Waals surface area contributed by atoms with E-state index >= 15 is 0 Å². The molecule has 27 heavy (non-hydrogen) atoms. The maximum atomic E-state index is 12.7. The zero-order valence-corrected chi connectivity index (χ0v) is 15.6. The topological polar surface area (TPSA) is 77.7 Å². The molecule has 2 atom stereocenters. The number of amides is 1. The molecule has 0 radical (unpaired) electrons. The number of carbonyl (C=O) groups is 1. The van der Waals surface area contributed by atoms with E-state index in [-0.39, 0.29) is 18.1 Å². The highest BCUT2D eigenvalue weighted by molar-refractivity contribution is 5.77. The summed E-state index contributed by atoms with van der Waals surface area (Å²) in [7, 11) is 1.63. The van der Waals surface area contributed by atoms with Crippen molar-refractivity contribution in [2.75, 3.05) is 20.3 Å². The minimum atomic E-state index is 0.152. The molecule has 1 saturated heterocycles. The van der Waals surface area contributed by atoms with E-state index in [2.05, 4.69) is 10.1 Å². The molecular formula is C20H25N3O4. The third kappa shape index (κ3) is 3.98. The van der Waals surface area contributed by atoms with Gasteiger partial charge in [-0.1, -0.05) is 18.0 Å². The first kappa shape index (κ1) is 18.0. The number of methoxy groups -OCH3 is 1. The van der Waals surface area contributed by atoms with E-state index in [4.69, 9.17) is 14.0 Å². The van der Waals surface area contributed by atoms with Crippen molar-refractivity contribution in [3.8, 4) is 17.1 Å². The molecule has 2 fully saturated rings. The van der Waals surface area contributed by atoms with Gasteiger partial charge in [-0.25, -0.2) is 0 Å². The number of aromatic nitrogens is 2. The van der Waals surface area contributed by atoms with Gasteiger partial charge in [0.2, 0.25) is 17.6 Å². The van der Waals surface area contributed by atoms with Crippen molar-refractivity contribution in [1.29, 1.82) is 0 Å². The molecule has 0 N–H and O–H groups in total. The second-order valence-corrected chi connectivity index (χ2v) is 7.09. The largest absolute Gasteiger partial charge is 0.497 e. The van der Waals surface area contributed by atoms with Crippen molar-refractivity contribution in [1.82, 2.24) is 15.0 Å². The number of nitrogens with zero attached hydrogens (tertiary/aromatic N) is 3. The molecule has 0 bridgehead atoms. The molecule has 1 aromatic carbocycles. The number of carbonyl (C=O) groups excluding carboxylic acids is 1. The average molecular weight is 371 g/mol. The van der Waals surface area contributed by atoms with Crippen LogP contribution in [0.2, 0.25) is 0 Å². The predicted octanol–water partition coefficient (Wildman–Crippen LogP) is 2.85. The van der Waals surface area contributed by atoms with Crippen LogP contribution in [0.5, 0.6) is 5.75 Å². The normalized spacial score (nSPS) is 22.3. The van der Waals surface area contributed by atoms with Crippen molar-refractivity contribution < 1.29 is 18.8 Å². The Bertz CT molecular complexity index is 772. The van der Waals surface area contributed by atoms with Gasteiger partial charge in [0.25, 0.3) is 0 Å². The van der Waals surface area contributed by atoms with Crippen LogP contribution >= 0.6 is 0 Å². The van der Waals surface area contributed by atoms with Crippen LogP contribution in [0.4, 0.5) is 0 Å². The second kappa shape index (κ2) is 8.08. The Morgan fingerprint density at radius 1 is 1.26 bits per heavy atom. The quantitative estimate of drug-likeness (QED) is 0.804. The van der Waals surface area contributed by atoms with E-state index in [1.165, 1.54) is 12.8 Å². The fourth-order valence-corrected chi connectivity index (χ4v) is 3.98. The standard InChI is InChI=1S/C20H25N3O4/c1-25-15-8-6-14(7-9-15)20-21-18(27-22-20)10-11-19(24)23-12-13-26-17-5-3-2-4-16(17)23/h6-9,16-17H,2-5,10-13H2,1H3. The van der Waals surface area contributed by atoms with E-state index in [0.29, 0.717) is 37.7 Å². The van der Waals surface area contributed by atoms with Crippen LogP contribution in [0.3, 0.4) is 0 Å². The Morgan fingerprint density at radius 3 is 2.89 bits per heavy atom. The molecule has 1 saturated carbocycles. The summed E-state index contributed by atoms with van der Waals surface area (Å²) in [5, 5.41) is 4.03. The molecule has 2 heterocycles.